The minimum absolute atomic E-state index is 0.945. The minimum Gasteiger partial charge on any atom is -0.309 e. The van der Waals surface area contributed by atoms with E-state index >= 15 is 0 Å². The van der Waals surface area contributed by atoms with Gasteiger partial charge in [-0.25, -0.2) is 4.98 Å². The molecule has 0 radical (unpaired) electrons. The van der Waals surface area contributed by atoms with Gasteiger partial charge in [0.05, 0.1) is 22.1 Å². The lowest BCUT2D eigenvalue weighted by molar-refractivity contribution is 1.10. The molecule has 3 nitrogen and oxygen atoms in total. The van der Waals surface area contributed by atoms with Gasteiger partial charge < -0.3 is 4.57 Å². The molecule has 2 heterocycles. The van der Waals surface area contributed by atoms with E-state index in [1.807, 2.05) is 12.1 Å². The first kappa shape index (κ1) is 22.6. The van der Waals surface area contributed by atoms with Crippen molar-refractivity contribution >= 4 is 32.8 Å². The molecule has 8 aromatic rings. The van der Waals surface area contributed by atoms with Crippen molar-refractivity contribution in [2.75, 3.05) is 0 Å². The van der Waals surface area contributed by atoms with E-state index in [0.29, 0.717) is 0 Å². The summed E-state index contributed by atoms with van der Waals surface area (Å²) in [5.74, 6) is 0.945. The average molecular weight is 512 g/mol. The third kappa shape index (κ3) is 3.56. The Morgan fingerprint density at radius 3 is 1.48 bits per heavy atom. The van der Waals surface area contributed by atoms with Gasteiger partial charge in [-0.1, -0.05) is 103 Å². The molecular formula is C37H25N3. The molecule has 0 saturated heterocycles. The lowest BCUT2D eigenvalue weighted by atomic mass is 10.0. The first-order chi connectivity index (χ1) is 19.8. The van der Waals surface area contributed by atoms with E-state index in [1.165, 1.54) is 32.9 Å². The van der Waals surface area contributed by atoms with Crippen LogP contribution in [0.5, 0.6) is 0 Å². The van der Waals surface area contributed by atoms with Gasteiger partial charge >= 0.3 is 0 Å². The van der Waals surface area contributed by atoms with Crippen molar-refractivity contribution in [1.82, 2.24) is 14.1 Å². The molecule has 0 aliphatic heterocycles. The van der Waals surface area contributed by atoms with Crippen LogP contribution in [-0.2, 0) is 0 Å². The number of hydrogen-bond acceptors (Lipinski definition) is 1. The van der Waals surface area contributed by atoms with E-state index in [0.717, 1.165) is 33.8 Å². The zero-order chi connectivity index (χ0) is 26.5. The quantitative estimate of drug-likeness (QED) is 0.231. The summed E-state index contributed by atoms with van der Waals surface area (Å²) in [6, 6.07) is 53.6. The molecule has 0 aliphatic carbocycles. The minimum atomic E-state index is 0.945. The second-order valence-corrected chi connectivity index (χ2v) is 10.1. The van der Waals surface area contributed by atoms with Crippen molar-refractivity contribution in [3.8, 4) is 33.9 Å². The maximum atomic E-state index is 5.01. The van der Waals surface area contributed by atoms with Gasteiger partial charge in [0.2, 0.25) is 0 Å². The number of para-hydroxylation sites is 5. The highest BCUT2D eigenvalue weighted by molar-refractivity contribution is 6.09. The molecule has 0 fully saturated rings. The highest BCUT2D eigenvalue weighted by atomic mass is 15.1. The van der Waals surface area contributed by atoms with Gasteiger partial charge in [0.25, 0.3) is 0 Å². The topological polar surface area (TPSA) is 22.8 Å². The molecule has 3 heteroatoms. The third-order valence-corrected chi connectivity index (χ3v) is 7.76. The molecule has 40 heavy (non-hydrogen) atoms. The molecule has 0 amide bonds. The number of rotatable bonds is 4. The Hall–Kier alpha value is -5.41. The highest BCUT2D eigenvalue weighted by Crippen LogP contribution is 2.33. The monoisotopic (exact) mass is 511 g/mol. The first-order valence-corrected chi connectivity index (χ1v) is 13.6. The van der Waals surface area contributed by atoms with Crippen molar-refractivity contribution in [2.45, 2.75) is 0 Å². The molecular weight excluding hydrogens is 486 g/mol. The Labute approximate surface area is 232 Å². The summed E-state index contributed by atoms with van der Waals surface area (Å²) in [7, 11) is 0. The first-order valence-electron chi connectivity index (χ1n) is 13.6. The second-order valence-electron chi connectivity index (χ2n) is 10.1. The summed E-state index contributed by atoms with van der Waals surface area (Å²) < 4.78 is 4.59. The fourth-order valence-corrected chi connectivity index (χ4v) is 5.87. The van der Waals surface area contributed by atoms with Gasteiger partial charge in [-0.3, -0.25) is 4.57 Å². The maximum Gasteiger partial charge on any atom is 0.145 e. The molecule has 0 N–H and O–H groups in total. The van der Waals surface area contributed by atoms with Gasteiger partial charge in [-0.2, -0.15) is 0 Å². The molecule has 0 bridgehead atoms. The Morgan fingerprint density at radius 2 is 0.825 bits per heavy atom. The molecule has 6 aromatic carbocycles. The summed E-state index contributed by atoms with van der Waals surface area (Å²) in [4.78, 5) is 5.01. The molecule has 0 atom stereocenters. The van der Waals surface area contributed by atoms with E-state index in [9.17, 15) is 0 Å². The van der Waals surface area contributed by atoms with Gasteiger partial charge in [-0.15, -0.1) is 0 Å². The van der Waals surface area contributed by atoms with E-state index in [-0.39, 0.29) is 0 Å². The third-order valence-electron chi connectivity index (χ3n) is 7.76. The number of benzene rings is 6. The van der Waals surface area contributed by atoms with Crippen LogP contribution in [0.4, 0.5) is 0 Å². The fraction of sp³-hybridized carbons (Fsp3) is 0. The molecule has 0 saturated carbocycles. The molecule has 0 spiro atoms. The summed E-state index contributed by atoms with van der Waals surface area (Å²) in [5, 5.41) is 2.55. The zero-order valence-electron chi connectivity index (χ0n) is 21.8. The second kappa shape index (κ2) is 9.11. The van der Waals surface area contributed by atoms with Crippen LogP contribution in [0.1, 0.15) is 0 Å². The smallest absolute Gasteiger partial charge is 0.145 e. The normalized spacial score (nSPS) is 11.5. The van der Waals surface area contributed by atoms with E-state index in [1.54, 1.807) is 0 Å². The van der Waals surface area contributed by atoms with Crippen LogP contribution >= 0.6 is 0 Å². The van der Waals surface area contributed by atoms with Crippen molar-refractivity contribution < 1.29 is 0 Å². The predicted octanol–water partition coefficient (Wildman–Crippen LogP) is 9.46. The van der Waals surface area contributed by atoms with E-state index < -0.39 is 0 Å². The SMILES string of the molecule is c1ccc(-n2c(-c3ccc(-c4ccc(-n5c6ccccc6c6ccccc65)cc4)cc3)nc3ccccc32)cc1. The average Bonchev–Trinajstić information content (AvgIpc) is 3.58. The standard InChI is InChI=1S/C37H25N3/c1-2-10-29(11-3-1)40-36-17-9-6-14-33(36)38-37(40)28-20-18-26(19-21-28)27-22-24-30(25-23-27)39-34-15-7-4-12-31(34)32-13-5-8-16-35(32)39/h1-25H. The number of imidazole rings is 1. The predicted molar refractivity (Wildman–Crippen MR) is 166 cm³/mol. The Morgan fingerprint density at radius 1 is 0.350 bits per heavy atom. The van der Waals surface area contributed by atoms with Crippen LogP contribution < -0.4 is 0 Å². The van der Waals surface area contributed by atoms with Gasteiger partial charge in [-0.05, 0) is 59.7 Å². The highest BCUT2D eigenvalue weighted by Gasteiger charge is 2.15. The number of nitrogens with zero attached hydrogens (tertiary/aromatic N) is 3. The van der Waals surface area contributed by atoms with E-state index in [2.05, 4.69) is 149 Å². The Bertz CT molecular complexity index is 2080. The summed E-state index contributed by atoms with van der Waals surface area (Å²) in [6.45, 7) is 0. The molecule has 188 valence electrons. The molecule has 8 rings (SSSR count). The summed E-state index contributed by atoms with van der Waals surface area (Å²) >= 11 is 0. The van der Waals surface area contributed by atoms with Crippen LogP contribution in [0.15, 0.2) is 152 Å². The number of hydrogen-bond donors (Lipinski definition) is 0. The lowest BCUT2D eigenvalue weighted by Gasteiger charge is -2.11. The van der Waals surface area contributed by atoms with Gasteiger partial charge in [0.15, 0.2) is 0 Å². The maximum absolute atomic E-state index is 5.01. The summed E-state index contributed by atoms with van der Waals surface area (Å²) in [6.07, 6.45) is 0. The van der Waals surface area contributed by atoms with Crippen molar-refractivity contribution in [3.63, 3.8) is 0 Å². The molecule has 2 aromatic heterocycles. The van der Waals surface area contributed by atoms with Crippen LogP contribution in [0.25, 0.3) is 66.7 Å². The molecule has 0 aliphatic rings. The van der Waals surface area contributed by atoms with Crippen LogP contribution in [0.2, 0.25) is 0 Å². The number of aromatic nitrogens is 3. The van der Waals surface area contributed by atoms with Crippen LogP contribution in [-0.4, -0.2) is 14.1 Å². The van der Waals surface area contributed by atoms with Crippen LogP contribution in [0.3, 0.4) is 0 Å². The van der Waals surface area contributed by atoms with Crippen molar-refractivity contribution in [1.29, 1.82) is 0 Å². The van der Waals surface area contributed by atoms with E-state index in [4.69, 9.17) is 4.98 Å². The Balaban J connectivity index is 1.17. The van der Waals surface area contributed by atoms with Gasteiger partial charge in [0.1, 0.15) is 5.82 Å². The zero-order valence-corrected chi connectivity index (χ0v) is 21.8. The fourth-order valence-electron chi connectivity index (χ4n) is 5.87. The van der Waals surface area contributed by atoms with Gasteiger partial charge in [0, 0.05) is 27.7 Å². The summed E-state index contributed by atoms with van der Waals surface area (Å²) in [5.41, 5.74) is 10.3. The number of fused-ring (bicyclic) bond motifs is 4. The Kier molecular flexibility index (Phi) is 5.14. The van der Waals surface area contributed by atoms with Crippen molar-refractivity contribution in [2.24, 2.45) is 0 Å². The largest absolute Gasteiger partial charge is 0.309 e. The van der Waals surface area contributed by atoms with Crippen molar-refractivity contribution in [3.05, 3.63) is 152 Å². The van der Waals surface area contributed by atoms with Crippen LogP contribution in [0, 0.1) is 0 Å². The molecule has 0 unspecified atom stereocenters. The lowest BCUT2D eigenvalue weighted by Crippen LogP contribution is -1.97.